The van der Waals surface area contributed by atoms with E-state index in [1.807, 2.05) is 36.1 Å². The Hall–Kier alpha value is -2.95. The number of rotatable bonds is 3. The Bertz CT molecular complexity index is 979. The second-order valence-electron chi connectivity index (χ2n) is 7.05. The van der Waals surface area contributed by atoms with E-state index in [9.17, 15) is 9.18 Å². The highest BCUT2D eigenvalue weighted by atomic mass is 19.1. The molecule has 1 N–H and O–H groups in total. The first kappa shape index (κ1) is 17.5. The molecule has 0 atom stereocenters. The molecule has 1 fully saturated rings. The Labute approximate surface area is 158 Å². The van der Waals surface area contributed by atoms with Crippen LogP contribution in [0.4, 0.5) is 15.8 Å². The van der Waals surface area contributed by atoms with Crippen molar-refractivity contribution in [1.82, 2.24) is 9.88 Å². The topological polar surface area (TPSA) is 45.2 Å². The zero-order chi connectivity index (χ0) is 18.8. The number of aryl methyl sites for hydroxylation is 1. The summed E-state index contributed by atoms with van der Waals surface area (Å²) in [5.74, 6) is -0.401. The van der Waals surface area contributed by atoms with Crippen LogP contribution in [0.3, 0.4) is 0 Å². The van der Waals surface area contributed by atoms with Gasteiger partial charge in [0.1, 0.15) is 5.82 Å². The van der Waals surface area contributed by atoms with Gasteiger partial charge in [-0.25, -0.2) is 4.39 Å². The van der Waals surface area contributed by atoms with E-state index < -0.39 is 0 Å². The van der Waals surface area contributed by atoms with Gasteiger partial charge in [0.05, 0.1) is 16.8 Å². The van der Waals surface area contributed by atoms with Crippen LogP contribution in [0.15, 0.2) is 48.7 Å². The molecule has 27 heavy (non-hydrogen) atoms. The molecule has 0 aliphatic carbocycles. The van der Waals surface area contributed by atoms with Crippen LogP contribution >= 0.6 is 0 Å². The van der Waals surface area contributed by atoms with Crippen molar-refractivity contribution in [2.24, 2.45) is 0 Å². The predicted molar refractivity (Wildman–Crippen MR) is 106 cm³/mol. The highest BCUT2D eigenvalue weighted by Crippen LogP contribution is 2.31. The minimum Gasteiger partial charge on any atom is -0.354 e. The third-order valence-corrected chi connectivity index (χ3v) is 5.02. The number of fused-ring (bicyclic) bond motifs is 1. The molecule has 1 aromatic heterocycles. The number of hydrogen-bond acceptors (Lipinski definition) is 3. The molecular formula is C22H22FN3O. The van der Waals surface area contributed by atoms with Gasteiger partial charge in [0, 0.05) is 30.4 Å². The first-order valence-corrected chi connectivity index (χ1v) is 9.33. The van der Waals surface area contributed by atoms with E-state index in [2.05, 4.69) is 10.3 Å². The monoisotopic (exact) mass is 363 g/mol. The average molecular weight is 363 g/mol. The van der Waals surface area contributed by atoms with Gasteiger partial charge in [-0.2, -0.15) is 0 Å². The van der Waals surface area contributed by atoms with Crippen LogP contribution in [0.1, 0.15) is 35.2 Å². The summed E-state index contributed by atoms with van der Waals surface area (Å²) in [6.45, 7) is 3.53. The van der Waals surface area contributed by atoms with Crippen molar-refractivity contribution in [2.45, 2.75) is 26.2 Å². The van der Waals surface area contributed by atoms with Crippen LogP contribution < -0.4 is 5.32 Å². The molecule has 138 valence electrons. The SMILES string of the molecule is Cc1ccc(Nc2c(C(=O)N3CCCCC3)cnc3ccc(F)cc23)cc1. The summed E-state index contributed by atoms with van der Waals surface area (Å²) < 4.78 is 13.9. The third kappa shape index (κ3) is 3.63. The molecule has 0 saturated carbocycles. The Morgan fingerprint density at radius 3 is 2.56 bits per heavy atom. The highest BCUT2D eigenvalue weighted by Gasteiger charge is 2.23. The number of anilines is 2. The zero-order valence-electron chi connectivity index (χ0n) is 15.3. The molecule has 0 bridgehead atoms. The predicted octanol–water partition coefficient (Wildman–Crippen LogP) is 5.05. The van der Waals surface area contributed by atoms with Crippen LogP contribution in [-0.4, -0.2) is 28.9 Å². The normalized spacial score (nSPS) is 14.4. The lowest BCUT2D eigenvalue weighted by molar-refractivity contribution is 0.0725. The fourth-order valence-corrected chi connectivity index (χ4v) is 3.51. The Kier molecular flexibility index (Phi) is 4.75. The number of aromatic nitrogens is 1. The molecule has 1 saturated heterocycles. The molecule has 1 amide bonds. The number of carbonyl (C=O) groups is 1. The molecular weight excluding hydrogens is 341 g/mol. The number of pyridine rings is 1. The van der Waals surface area contributed by atoms with E-state index in [1.165, 1.54) is 12.1 Å². The highest BCUT2D eigenvalue weighted by molar-refractivity contribution is 6.08. The molecule has 1 aliphatic rings. The standard InChI is InChI=1S/C22H22FN3O/c1-15-5-8-17(9-6-15)25-21-18-13-16(23)7-10-20(18)24-14-19(21)22(27)26-11-3-2-4-12-26/h5-10,13-14H,2-4,11-12H2,1H3,(H,24,25). The number of nitrogens with zero attached hydrogens (tertiary/aromatic N) is 2. The Morgan fingerprint density at radius 1 is 1.07 bits per heavy atom. The molecule has 0 radical (unpaired) electrons. The van der Waals surface area contributed by atoms with Crippen molar-refractivity contribution in [1.29, 1.82) is 0 Å². The summed E-state index contributed by atoms with van der Waals surface area (Å²) in [7, 11) is 0. The molecule has 1 aliphatic heterocycles. The minimum atomic E-state index is -0.348. The molecule has 5 heteroatoms. The zero-order valence-corrected chi connectivity index (χ0v) is 15.3. The minimum absolute atomic E-state index is 0.0528. The number of amides is 1. The van der Waals surface area contributed by atoms with E-state index >= 15 is 0 Å². The molecule has 4 rings (SSSR count). The van der Waals surface area contributed by atoms with E-state index in [0.717, 1.165) is 43.6 Å². The summed E-state index contributed by atoms with van der Waals surface area (Å²) >= 11 is 0. The largest absolute Gasteiger partial charge is 0.354 e. The second kappa shape index (κ2) is 7.35. The molecule has 0 spiro atoms. The van der Waals surface area contributed by atoms with Crippen LogP contribution in [0, 0.1) is 12.7 Å². The summed E-state index contributed by atoms with van der Waals surface area (Å²) in [5.41, 5.74) is 3.75. The second-order valence-corrected chi connectivity index (χ2v) is 7.05. The Morgan fingerprint density at radius 2 is 1.81 bits per heavy atom. The Balaban J connectivity index is 1.81. The molecule has 3 aromatic rings. The van der Waals surface area contributed by atoms with Gasteiger partial charge in [-0.3, -0.25) is 9.78 Å². The first-order valence-electron chi connectivity index (χ1n) is 9.33. The number of likely N-dealkylation sites (tertiary alicyclic amines) is 1. The van der Waals surface area contributed by atoms with Crippen molar-refractivity contribution in [3.8, 4) is 0 Å². The quantitative estimate of drug-likeness (QED) is 0.708. The number of piperidine rings is 1. The van der Waals surface area contributed by atoms with Gasteiger partial charge in [0.15, 0.2) is 0 Å². The summed E-state index contributed by atoms with van der Waals surface area (Å²) in [5, 5.41) is 3.95. The first-order chi connectivity index (χ1) is 13.1. The van der Waals surface area contributed by atoms with Gasteiger partial charge in [-0.15, -0.1) is 0 Å². The van der Waals surface area contributed by atoms with Crippen molar-refractivity contribution in [3.63, 3.8) is 0 Å². The molecule has 2 heterocycles. The van der Waals surface area contributed by atoms with Crippen LogP contribution in [0.25, 0.3) is 10.9 Å². The molecule has 4 nitrogen and oxygen atoms in total. The van der Waals surface area contributed by atoms with Crippen LogP contribution in [0.2, 0.25) is 0 Å². The van der Waals surface area contributed by atoms with E-state index in [4.69, 9.17) is 0 Å². The third-order valence-electron chi connectivity index (χ3n) is 5.02. The maximum absolute atomic E-state index is 13.9. The summed E-state index contributed by atoms with van der Waals surface area (Å²) in [6, 6.07) is 12.4. The van der Waals surface area contributed by atoms with E-state index in [-0.39, 0.29) is 11.7 Å². The maximum atomic E-state index is 13.9. The maximum Gasteiger partial charge on any atom is 0.257 e. The van der Waals surface area contributed by atoms with Gasteiger partial charge in [-0.1, -0.05) is 17.7 Å². The number of hydrogen-bond donors (Lipinski definition) is 1. The van der Waals surface area contributed by atoms with E-state index in [1.54, 1.807) is 12.3 Å². The fraction of sp³-hybridized carbons (Fsp3) is 0.273. The van der Waals surface area contributed by atoms with Gasteiger partial charge < -0.3 is 10.2 Å². The smallest absolute Gasteiger partial charge is 0.257 e. The number of carbonyl (C=O) groups excluding carboxylic acids is 1. The van der Waals surface area contributed by atoms with Crippen molar-refractivity contribution in [2.75, 3.05) is 18.4 Å². The molecule has 2 aromatic carbocycles. The van der Waals surface area contributed by atoms with Crippen molar-refractivity contribution < 1.29 is 9.18 Å². The van der Waals surface area contributed by atoms with Gasteiger partial charge in [0.2, 0.25) is 0 Å². The number of halogens is 1. The van der Waals surface area contributed by atoms with Gasteiger partial charge in [0.25, 0.3) is 5.91 Å². The number of nitrogens with one attached hydrogen (secondary N) is 1. The lowest BCUT2D eigenvalue weighted by atomic mass is 10.1. The lowest BCUT2D eigenvalue weighted by Crippen LogP contribution is -2.36. The van der Waals surface area contributed by atoms with Gasteiger partial charge in [-0.05, 0) is 56.5 Å². The lowest BCUT2D eigenvalue weighted by Gasteiger charge is -2.27. The number of benzene rings is 2. The van der Waals surface area contributed by atoms with Crippen molar-refractivity contribution in [3.05, 3.63) is 65.6 Å². The van der Waals surface area contributed by atoms with Crippen LogP contribution in [-0.2, 0) is 0 Å². The molecule has 0 unspecified atom stereocenters. The fourth-order valence-electron chi connectivity index (χ4n) is 3.51. The summed E-state index contributed by atoms with van der Waals surface area (Å²) in [6.07, 6.45) is 4.79. The van der Waals surface area contributed by atoms with Crippen LogP contribution in [0.5, 0.6) is 0 Å². The van der Waals surface area contributed by atoms with Gasteiger partial charge >= 0.3 is 0 Å². The average Bonchev–Trinajstić information content (AvgIpc) is 2.70. The van der Waals surface area contributed by atoms with Crippen molar-refractivity contribution >= 4 is 28.2 Å². The summed E-state index contributed by atoms with van der Waals surface area (Å²) in [4.78, 5) is 19.4. The van der Waals surface area contributed by atoms with E-state index in [0.29, 0.717) is 22.2 Å².